The van der Waals surface area contributed by atoms with Crippen LogP contribution in [0.2, 0.25) is 0 Å². The van der Waals surface area contributed by atoms with Crippen molar-refractivity contribution < 1.29 is 9.53 Å². The van der Waals surface area contributed by atoms with Crippen molar-refractivity contribution in [3.05, 3.63) is 76.9 Å². The molecule has 1 heterocycles. The van der Waals surface area contributed by atoms with E-state index in [-0.39, 0.29) is 11.3 Å². The molecule has 27 heavy (non-hydrogen) atoms. The van der Waals surface area contributed by atoms with Crippen LogP contribution in [0.3, 0.4) is 0 Å². The molecule has 0 radical (unpaired) electrons. The fraction of sp³-hybridized carbons (Fsp3) is 0.375. The number of methoxy groups -OCH3 is 1. The van der Waals surface area contributed by atoms with Crippen LogP contribution < -0.4 is 4.74 Å². The lowest BCUT2D eigenvalue weighted by molar-refractivity contribution is 0.0498. The number of carbonyl (C=O) groups is 1. The molecule has 2 aromatic rings. The van der Waals surface area contributed by atoms with Gasteiger partial charge in [0.15, 0.2) is 5.78 Å². The molecule has 0 N–H and O–H groups in total. The monoisotopic (exact) mass is 361 g/mol. The predicted octanol–water partition coefficient (Wildman–Crippen LogP) is 4.38. The quantitative estimate of drug-likeness (QED) is 0.757. The van der Waals surface area contributed by atoms with Crippen molar-refractivity contribution in [3.63, 3.8) is 0 Å². The molecule has 3 nitrogen and oxygen atoms in total. The van der Waals surface area contributed by atoms with Crippen LogP contribution in [0, 0.1) is 6.92 Å². The molecule has 140 valence electrons. The minimum absolute atomic E-state index is 0.278. The average Bonchev–Trinajstić information content (AvgIpc) is 2.71. The van der Waals surface area contributed by atoms with Crippen LogP contribution in [0.15, 0.2) is 54.6 Å². The second-order valence-electron chi connectivity index (χ2n) is 7.68. The van der Waals surface area contributed by atoms with Gasteiger partial charge in [-0.25, -0.2) is 0 Å². The summed E-state index contributed by atoms with van der Waals surface area (Å²) < 4.78 is 5.34. The zero-order valence-electron chi connectivity index (χ0n) is 16.2. The Bertz CT molecular complexity index is 886. The zero-order valence-corrected chi connectivity index (χ0v) is 16.2. The van der Waals surface area contributed by atoms with Gasteiger partial charge >= 0.3 is 0 Å². The minimum Gasteiger partial charge on any atom is -0.497 e. The molecule has 2 aliphatic rings. The summed E-state index contributed by atoms with van der Waals surface area (Å²) in [7, 11) is 1.67. The summed E-state index contributed by atoms with van der Waals surface area (Å²) >= 11 is 0. The first-order chi connectivity index (χ1) is 13.1. The van der Waals surface area contributed by atoms with Crippen molar-refractivity contribution in [2.75, 3.05) is 20.2 Å². The molecule has 1 unspecified atom stereocenters. The van der Waals surface area contributed by atoms with E-state index in [0.29, 0.717) is 0 Å². The van der Waals surface area contributed by atoms with Gasteiger partial charge in [-0.15, -0.1) is 0 Å². The summed E-state index contributed by atoms with van der Waals surface area (Å²) in [6.07, 6.45) is 7.99. The van der Waals surface area contributed by atoms with Gasteiger partial charge in [0.1, 0.15) is 5.75 Å². The lowest BCUT2D eigenvalue weighted by atomic mass is 9.72. The zero-order chi connectivity index (χ0) is 18.9. The van der Waals surface area contributed by atoms with E-state index in [0.717, 1.165) is 55.6 Å². The third kappa shape index (κ3) is 3.21. The summed E-state index contributed by atoms with van der Waals surface area (Å²) in [4.78, 5) is 16.0. The van der Waals surface area contributed by atoms with Gasteiger partial charge in [0.05, 0.1) is 12.6 Å². The van der Waals surface area contributed by atoms with Crippen LogP contribution in [0.25, 0.3) is 0 Å². The molecule has 2 aromatic carbocycles. The minimum atomic E-state index is -0.390. The molecule has 4 rings (SSSR count). The Morgan fingerprint density at radius 2 is 2.00 bits per heavy atom. The molecule has 3 heteroatoms. The number of aryl methyl sites for hydroxylation is 2. The SMILES string of the molecule is COc1ccc2c(c1)CCC1(CC=CCN1CCc1ccccc1C)C2=O. The standard InChI is InChI=1S/C24H27NO2/c1-18-7-3-4-8-19(18)12-16-25-15-6-5-13-24(25)14-11-20-17-21(27-2)9-10-22(20)23(24)26/h3-10,17H,11-16H2,1-2H3. The molecule has 0 saturated heterocycles. The Morgan fingerprint density at radius 1 is 1.15 bits per heavy atom. The fourth-order valence-corrected chi connectivity index (χ4v) is 4.56. The summed E-state index contributed by atoms with van der Waals surface area (Å²) in [5.41, 5.74) is 4.30. The van der Waals surface area contributed by atoms with Crippen molar-refractivity contribution in [1.29, 1.82) is 0 Å². The number of nitrogens with zero attached hydrogens (tertiary/aromatic N) is 1. The van der Waals surface area contributed by atoms with Crippen LogP contribution in [0.4, 0.5) is 0 Å². The second-order valence-corrected chi connectivity index (χ2v) is 7.68. The van der Waals surface area contributed by atoms with E-state index in [1.165, 1.54) is 11.1 Å². The van der Waals surface area contributed by atoms with Crippen molar-refractivity contribution in [1.82, 2.24) is 4.90 Å². The predicted molar refractivity (Wildman–Crippen MR) is 109 cm³/mol. The third-order valence-electron chi connectivity index (χ3n) is 6.25. The Hall–Kier alpha value is -2.39. The number of fused-ring (bicyclic) bond motifs is 1. The smallest absolute Gasteiger partial charge is 0.183 e. The molecule has 0 saturated carbocycles. The molecule has 1 spiro atoms. The Morgan fingerprint density at radius 3 is 2.81 bits per heavy atom. The third-order valence-corrected chi connectivity index (χ3v) is 6.25. The average molecular weight is 361 g/mol. The lowest BCUT2D eigenvalue weighted by Gasteiger charge is -2.46. The summed E-state index contributed by atoms with van der Waals surface area (Å²) in [6, 6.07) is 14.4. The summed E-state index contributed by atoms with van der Waals surface area (Å²) in [6.45, 7) is 3.92. The van der Waals surface area contributed by atoms with Gasteiger partial charge in [-0.05, 0) is 67.5 Å². The van der Waals surface area contributed by atoms with Crippen LogP contribution >= 0.6 is 0 Å². The number of ketones is 1. The van der Waals surface area contributed by atoms with Crippen LogP contribution in [-0.2, 0) is 12.8 Å². The number of rotatable bonds is 4. The molecule has 0 fully saturated rings. The highest BCUT2D eigenvalue weighted by molar-refractivity contribution is 6.05. The van der Waals surface area contributed by atoms with Crippen LogP contribution in [0.5, 0.6) is 5.75 Å². The van der Waals surface area contributed by atoms with Gasteiger partial charge in [0, 0.05) is 18.7 Å². The van der Waals surface area contributed by atoms with Crippen molar-refractivity contribution in [3.8, 4) is 5.75 Å². The molecular formula is C24H27NO2. The Kier molecular flexibility index (Phi) is 4.88. The van der Waals surface area contributed by atoms with E-state index in [1.807, 2.05) is 18.2 Å². The number of hydrogen-bond acceptors (Lipinski definition) is 3. The van der Waals surface area contributed by atoms with Crippen molar-refractivity contribution in [2.45, 2.75) is 38.1 Å². The number of benzene rings is 2. The normalized spacial score (nSPS) is 22.1. The Balaban J connectivity index is 1.60. The van der Waals surface area contributed by atoms with Gasteiger partial charge in [-0.1, -0.05) is 36.4 Å². The first kappa shape index (κ1) is 18.0. The van der Waals surface area contributed by atoms with E-state index >= 15 is 0 Å². The van der Waals surface area contributed by atoms with Crippen LogP contribution in [0.1, 0.15) is 39.9 Å². The van der Waals surface area contributed by atoms with Gasteiger partial charge in [0.2, 0.25) is 0 Å². The number of Topliss-reactive ketones (excluding diaryl/α,β-unsaturated/α-hetero) is 1. The Labute approximate surface area is 161 Å². The lowest BCUT2D eigenvalue weighted by Crippen LogP contribution is -2.58. The van der Waals surface area contributed by atoms with Crippen LogP contribution in [-0.4, -0.2) is 36.4 Å². The molecule has 1 atom stereocenters. The van der Waals surface area contributed by atoms with E-state index in [1.54, 1.807) is 7.11 Å². The highest BCUT2D eigenvalue weighted by atomic mass is 16.5. The van der Waals surface area contributed by atoms with Crippen molar-refractivity contribution >= 4 is 5.78 Å². The van der Waals surface area contributed by atoms with E-state index in [2.05, 4.69) is 48.2 Å². The van der Waals surface area contributed by atoms with E-state index in [4.69, 9.17) is 4.74 Å². The first-order valence-electron chi connectivity index (χ1n) is 9.80. The topological polar surface area (TPSA) is 29.5 Å². The highest BCUT2D eigenvalue weighted by Gasteiger charge is 2.46. The van der Waals surface area contributed by atoms with Gasteiger partial charge < -0.3 is 4.74 Å². The number of ether oxygens (including phenoxy) is 1. The van der Waals surface area contributed by atoms with E-state index in [9.17, 15) is 4.79 Å². The number of hydrogen-bond donors (Lipinski definition) is 0. The maximum Gasteiger partial charge on any atom is 0.183 e. The fourth-order valence-electron chi connectivity index (χ4n) is 4.56. The molecule has 0 amide bonds. The largest absolute Gasteiger partial charge is 0.497 e. The van der Waals surface area contributed by atoms with Gasteiger partial charge in [-0.3, -0.25) is 9.69 Å². The number of carbonyl (C=O) groups excluding carboxylic acids is 1. The highest BCUT2D eigenvalue weighted by Crippen LogP contribution is 2.39. The summed E-state index contributed by atoms with van der Waals surface area (Å²) in [5, 5.41) is 0. The molecule has 1 aliphatic heterocycles. The summed E-state index contributed by atoms with van der Waals surface area (Å²) in [5.74, 6) is 1.11. The molecule has 1 aliphatic carbocycles. The molecule has 0 aromatic heterocycles. The van der Waals surface area contributed by atoms with Crippen molar-refractivity contribution in [2.24, 2.45) is 0 Å². The maximum absolute atomic E-state index is 13.6. The van der Waals surface area contributed by atoms with Gasteiger partial charge in [-0.2, -0.15) is 0 Å². The maximum atomic E-state index is 13.6. The van der Waals surface area contributed by atoms with Gasteiger partial charge in [0.25, 0.3) is 0 Å². The molecular weight excluding hydrogens is 334 g/mol. The first-order valence-corrected chi connectivity index (χ1v) is 9.80. The second kappa shape index (κ2) is 7.32. The van der Waals surface area contributed by atoms with E-state index < -0.39 is 0 Å². The molecule has 0 bridgehead atoms.